The number of hydrogen-bond acceptors (Lipinski definition) is 5. The summed E-state index contributed by atoms with van der Waals surface area (Å²) >= 11 is 0. The van der Waals surface area contributed by atoms with Gasteiger partial charge >= 0.3 is 6.03 Å². The van der Waals surface area contributed by atoms with Crippen LogP contribution in [0.1, 0.15) is 5.56 Å². The van der Waals surface area contributed by atoms with E-state index in [9.17, 15) is 23.6 Å². The molecule has 0 aliphatic carbocycles. The number of imide groups is 2. The molecule has 1 fully saturated rings. The number of nitrogens with one attached hydrogen (secondary N) is 1. The molecule has 3 N–H and O–H groups in total. The van der Waals surface area contributed by atoms with Crippen molar-refractivity contribution >= 4 is 35.5 Å². The number of amides is 5. The van der Waals surface area contributed by atoms with Crippen LogP contribution in [0.5, 0.6) is 5.75 Å². The molecule has 1 aliphatic heterocycles. The van der Waals surface area contributed by atoms with Crippen molar-refractivity contribution in [2.24, 2.45) is 5.73 Å². The second-order valence-corrected chi connectivity index (χ2v) is 5.76. The average Bonchev–Trinajstić information content (AvgIpc) is 2.66. The smallest absolute Gasteiger partial charge is 0.335 e. The standard InChI is InChI=1S/C19H14FN3O5/c20-12-3-5-13(6-4-12)23-18(26)15(17(25)22-19(23)27)9-11-1-7-14(8-2-11)28-10-16(21)24/h1-9H,10H2,(H2,21,24)(H,22,25,27)/b15-9+. The predicted molar refractivity (Wildman–Crippen MR) is 96.5 cm³/mol. The van der Waals surface area contributed by atoms with Gasteiger partial charge in [-0.15, -0.1) is 0 Å². The van der Waals surface area contributed by atoms with Gasteiger partial charge in [0.05, 0.1) is 5.69 Å². The minimum absolute atomic E-state index is 0.123. The van der Waals surface area contributed by atoms with Gasteiger partial charge in [-0.3, -0.25) is 19.7 Å². The maximum Gasteiger partial charge on any atom is 0.335 e. The Morgan fingerprint density at radius 3 is 2.32 bits per heavy atom. The number of halogens is 1. The zero-order chi connectivity index (χ0) is 20.3. The number of urea groups is 1. The van der Waals surface area contributed by atoms with E-state index in [1.807, 2.05) is 0 Å². The quantitative estimate of drug-likeness (QED) is 0.597. The van der Waals surface area contributed by atoms with Crippen LogP contribution in [0.3, 0.4) is 0 Å². The van der Waals surface area contributed by atoms with Crippen LogP contribution in [-0.2, 0) is 14.4 Å². The molecule has 1 saturated heterocycles. The fourth-order valence-electron chi connectivity index (χ4n) is 2.46. The Kier molecular flexibility index (Phi) is 5.16. The number of barbiturate groups is 1. The monoisotopic (exact) mass is 383 g/mol. The van der Waals surface area contributed by atoms with Gasteiger partial charge in [0.25, 0.3) is 17.7 Å². The number of nitrogens with two attached hydrogens (primary N) is 1. The number of anilines is 1. The molecule has 0 saturated carbocycles. The van der Waals surface area contributed by atoms with Crippen LogP contribution < -0.4 is 20.7 Å². The van der Waals surface area contributed by atoms with E-state index in [-0.39, 0.29) is 17.9 Å². The van der Waals surface area contributed by atoms with E-state index in [0.717, 1.165) is 17.0 Å². The molecule has 142 valence electrons. The number of benzene rings is 2. The first-order valence-corrected chi connectivity index (χ1v) is 8.03. The maximum atomic E-state index is 13.1. The Morgan fingerprint density at radius 1 is 1.07 bits per heavy atom. The topological polar surface area (TPSA) is 119 Å². The van der Waals surface area contributed by atoms with Crippen LogP contribution in [0.25, 0.3) is 6.08 Å². The molecule has 28 heavy (non-hydrogen) atoms. The third-order valence-electron chi connectivity index (χ3n) is 3.76. The SMILES string of the molecule is NC(=O)COc1ccc(/C=C2\C(=O)NC(=O)N(c3ccc(F)cc3)C2=O)cc1. The second kappa shape index (κ2) is 7.70. The van der Waals surface area contributed by atoms with Gasteiger partial charge in [-0.05, 0) is 48.0 Å². The summed E-state index contributed by atoms with van der Waals surface area (Å²) in [5.41, 5.74) is 5.34. The largest absolute Gasteiger partial charge is 0.484 e. The number of carbonyl (C=O) groups excluding carboxylic acids is 4. The summed E-state index contributed by atoms with van der Waals surface area (Å²) in [6, 6.07) is 9.96. The average molecular weight is 383 g/mol. The van der Waals surface area contributed by atoms with Crippen LogP contribution >= 0.6 is 0 Å². The fourth-order valence-corrected chi connectivity index (χ4v) is 2.46. The van der Waals surface area contributed by atoms with E-state index in [2.05, 4.69) is 5.32 Å². The molecule has 0 unspecified atom stereocenters. The number of hydrogen-bond donors (Lipinski definition) is 2. The van der Waals surface area contributed by atoms with E-state index >= 15 is 0 Å². The van der Waals surface area contributed by atoms with Gasteiger partial charge in [-0.25, -0.2) is 14.1 Å². The van der Waals surface area contributed by atoms with Crippen molar-refractivity contribution < 1.29 is 28.3 Å². The highest BCUT2D eigenvalue weighted by Crippen LogP contribution is 2.22. The zero-order valence-corrected chi connectivity index (χ0v) is 14.3. The third-order valence-corrected chi connectivity index (χ3v) is 3.76. The number of nitrogens with zero attached hydrogens (tertiary/aromatic N) is 1. The van der Waals surface area contributed by atoms with Crippen molar-refractivity contribution in [2.75, 3.05) is 11.5 Å². The van der Waals surface area contributed by atoms with Gasteiger partial charge in [-0.2, -0.15) is 0 Å². The summed E-state index contributed by atoms with van der Waals surface area (Å²) in [6.07, 6.45) is 1.30. The zero-order valence-electron chi connectivity index (χ0n) is 14.3. The summed E-state index contributed by atoms with van der Waals surface area (Å²) < 4.78 is 18.2. The lowest BCUT2D eigenvalue weighted by Crippen LogP contribution is -2.54. The predicted octanol–water partition coefficient (Wildman–Crippen LogP) is 1.36. The molecule has 2 aromatic carbocycles. The lowest BCUT2D eigenvalue weighted by molar-refractivity contribution is -0.123. The summed E-state index contributed by atoms with van der Waals surface area (Å²) in [5.74, 6) is -2.46. The molecular formula is C19H14FN3O5. The third kappa shape index (κ3) is 4.04. The molecule has 0 atom stereocenters. The molecule has 1 aliphatic rings. The normalized spacial score (nSPS) is 15.5. The first kappa shape index (κ1) is 18.8. The van der Waals surface area contributed by atoms with Crippen LogP contribution in [0, 0.1) is 5.82 Å². The molecule has 8 nitrogen and oxygen atoms in total. The molecule has 1 heterocycles. The molecule has 0 spiro atoms. The lowest BCUT2D eigenvalue weighted by Gasteiger charge is -2.26. The Bertz CT molecular complexity index is 984. The Labute approximate surface area is 158 Å². The van der Waals surface area contributed by atoms with E-state index in [4.69, 9.17) is 10.5 Å². The number of ether oxygens (including phenoxy) is 1. The molecular weight excluding hydrogens is 369 g/mol. The summed E-state index contributed by atoms with van der Waals surface area (Å²) in [5, 5.41) is 2.08. The highest BCUT2D eigenvalue weighted by atomic mass is 19.1. The van der Waals surface area contributed by atoms with Crippen molar-refractivity contribution in [2.45, 2.75) is 0 Å². The van der Waals surface area contributed by atoms with Gasteiger partial charge in [0.2, 0.25) is 0 Å². The second-order valence-electron chi connectivity index (χ2n) is 5.76. The molecule has 3 rings (SSSR count). The summed E-state index contributed by atoms with van der Waals surface area (Å²) in [4.78, 5) is 48.3. The number of rotatable bonds is 5. The van der Waals surface area contributed by atoms with E-state index in [1.54, 1.807) is 12.1 Å². The number of primary amides is 1. The molecule has 2 aromatic rings. The van der Waals surface area contributed by atoms with Crippen LogP contribution in [0.15, 0.2) is 54.1 Å². The van der Waals surface area contributed by atoms with Crippen molar-refractivity contribution in [3.63, 3.8) is 0 Å². The van der Waals surface area contributed by atoms with Gasteiger partial charge < -0.3 is 10.5 Å². The Morgan fingerprint density at radius 2 is 1.71 bits per heavy atom. The summed E-state index contributed by atoms with van der Waals surface area (Å²) in [7, 11) is 0. The van der Waals surface area contributed by atoms with Gasteiger partial charge in [0.1, 0.15) is 17.1 Å². The first-order chi connectivity index (χ1) is 13.3. The van der Waals surface area contributed by atoms with Gasteiger partial charge in [0.15, 0.2) is 6.61 Å². The number of carbonyl (C=O) groups is 4. The van der Waals surface area contributed by atoms with Crippen LogP contribution in [0.4, 0.5) is 14.9 Å². The highest BCUT2D eigenvalue weighted by Gasteiger charge is 2.36. The minimum Gasteiger partial charge on any atom is -0.484 e. The fraction of sp³-hybridized carbons (Fsp3) is 0.0526. The first-order valence-electron chi connectivity index (χ1n) is 8.03. The van der Waals surface area contributed by atoms with Crippen molar-refractivity contribution in [1.29, 1.82) is 0 Å². The maximum absolute atomic E-state index is 13.1. The van der Waals surface area contributed by atoms with Gasteiger partial charge in [-0.1, -0.05) is 12.1 Å². The molecule has 9 heteroatoms. The Balaban J connectivity index is 1.86. The van der Waals surface area contributed by atoms with E-state index < -0.39 is 29.6 Å². The van der Waals surface area contributed by atoms with Crippen molar-refractivity contribution in [1.82, 2.24) is 5.32 Å². The molecule has 5 amide bonds. The van der Waals surface area contributed by atoms with E-state index in [0.29, 0.717) is 11.3 Å². The molecule has 0 aromatic heterocycles. The van der Waals surface area contributed by atoms with Crippen LogP contribution in [-0.4, -0.2) is 30.4 Å². The lowest BCUT2D eigenvalue weighted by atomic mass is 10.1. The minimum atomic E-state index is -0.922. The Hall–Kier alpha value is -4.01. The van der Waals surface area contributed by atoms with Crippen molar-refractivity contribution in [3.8, 4) is 5.75 Å². The molecule has 0 bridgehead atoms. The van der Waals surface area contributed by atoms with Gasteiger partial charge in [0, 0.05) is 0 Å². The van der Waals surface area contributed by atoms with Crippen molar-refractivity contribution in [3.05, 3.63) is 65.5 Å². The molecule has 0 radical (unpaired) electrons. The van der Waals surface area contributed by atoms with E-state index in [1.165, 1.54) is 30.3 Å². The highest BCUT2D eigenvalue weighted by molar-refractivity contribution is 6.39. The summed E-state index contributed by atoms with van der Waals surface area (Å²) in [6.45, 7) is -0.282. The van der Waals surface area contributed by atoms with Crippen LogP contribution in [0.2, 0.25) is 0 Å².